The second-order valence-electron chi connectivity index (χ2n) is 10.2. The van der Waals surface area contributed by atoms with Crippen LogP contribution in [0.1, 0.15) is 85.0 Å². The van der Waals surface area contributed by atoms with E-state index in [4.69, 9.17) is 0 Å². The van der Waals surface area contributed by atoms with Crippen molar-refractivity contribution in [2.24, 2.45) is 33.5 Å². The second-order valence-corrected chi connectivity index (χ2v) is 10.2. The van der Waals surface area contributed by atoms with Crippen LogP contribution in [0.15, 0.2) is 0 Å². The van der Waals surface area contributed by atoms with Crippen molar-refractivity contribution in [2.75, 3.05) is 6.61 Å². The van der Waals surface area contributed by atoms with E-state index in [1.807, 2.05) is 0 Å². The third-order valence-corrected chi connectivity index (χ3v) is 8.97. The molecule has 0 aromatic rings. The lowest BCUT2D eigenvalue weighted by molar-refractivity contribution is -0.163. The van der Waals surface area contributed by atoms with Gasteiger partial charge < -0.3 is 5.11 Å². The molecule has 4 aliphatic rings. The Kier molecular flexibility index (Phi) is 2.96. The normalized spacial score (nSPS) is 59.4. The molecular weight excluding hydrogens is 256 g/mol. The second kappa shape index (κ2) is 4.28. The Hall–Kier alpha value is -0.0400. The van der Waals surface area contributed by atoms with Crippen LogP contribution in [0.2, 0.25) is 0 Å². The van der Waals surface area contributed by atoms with Crippen LogP contribution in [-0.4, -0.2) is 11.7 Å². The first kappa shape index (κ1) is 14.5. The first-order valence-corrected chi connectivity index (χ1v) is 9.47. The van der Waals surface area contributed by atoms with Crippen LogP contribution in [0.3, 0.4) is 0 Å². The minimum atomic E-state index is 0.202. The lowest BCUT2D eigenvalue weighted by atomic mass is 9.40. The molecule has 1 N–H and O–H groups in total. The van der Waals surface area contributed by atoms with Crippen LogP contribution in [0.5, 0.6) is 0 Å². The van der Waals surface area contributed by atoms with Gasteiger partial charge in [-0.25, -0.2) is 0 Å². The van der Waals surface area contributed by atoms with Gasteiger partial charge in [0.1, 0.15) is 0 Å². The molecule has 0 radical (unpaired) electrons. The van der Waals surface area contributed by atoms with Gasteiger partial charge in [-0.1, -0.05) is 27.2 Å². The smallest absolute Gasteiger partial charge is 0.0487 e. The summed E-state index contributed by atoms with van der Waals surface area (Å²) in [6, 6.07) is 0. The Morgan fingerprint density at radius 3 is 2.38 bits per heavy atom. The summed E-state index contributed by atoms with van der Waals surface area (Å²) in [6.07, 6.45) is 14.3. The highest BCUT2D eigenvalue weighted by Crippen LogP contribution is 2.73. The zero-order valence-electron chi connectivity index (χ0n) is 14.4. The molecule has 4 aliphatic carbocycles. The van der Waals surface area contributed by atoms with E-state index in [1.54, 1.807) is 0 Å². The van der Waals surface area contributed by atoms with Crippen molar-refractivity contribution in [3.8, 4) is 0 Å². The molecular formula is C20H34O. The van der Waals surface area contributed by atoms with Crippen molar-refractivity contribution in [3.05, 3.63) is 0 Å². The van der Waals surface area contributed by atoms with E-state index in [0.29, 0.717) is 22.9 Å². The van der Waals surface area contributed by atoms with E-state index >= 15 is 0 Å². The molecule has 0 aromatic carbocycles. The first-order chi connectivity index (χ1) is 9.86. The molecule has 6 atom stereocenters. The van der Waals surface area contributed by atoms with Crippen LogP contribution >= 0.6 is 0 Å². The summed E-state index contributed by atoms with van der Waals surface area (Å²) in [4.78, 5) is 0. The average Bonchev–Trinajstić information content (AvgIpc) is 2.69. The van der Waals surface area contributed by atoms with Gasteiger partial charge in [0, 0.05) is 6.61 Å². The maximum Gasteiger partial charge on any atom is 0.0487 e. The number of aliphatic hydroxyl groups is 1. The Morgan fingerprint density at radius 2 is 1.62 bits per heavy atom. The summed E-state index contributed by atoms with van der Waals surface area (Å²) in [5.74, 6) is 1.72. The molecule has 0 aliphatic heterocycles. The molecule has 1 nitrogen and oxygen atoms in total. The van der Waals surface area contributed by atoms with E-state index in [0.717, 1.165) is 11.8 Å². The van der Waals surface area contributed by atoms with E-state index in [1.165, 1.54) is 64.2 Å². The summed E-state index contributed by atoms with van der Waals surface area (Å²) in [5.41, 5.74) is 2.08. The molecule has 0 saturated heterocycles. The molecule has 4 saturated carbocycles. The molecule has 0 amide bonds. The van der Waals surface area contributed by atoms with Gasteiger partial charge in [0.05, 0.1) is 0 Å². The van der Waals surface area contributed by atoms with E-state index in [9.17, 15) is 5.11 Å². The van der Waals surface area contributed by atoms with Crippen molar-refractivity contribution in [1.82, 2.24) is 0 Å². The quantitative estimate of drug-likeness (QED) is 0.706. The van der Waals surface area contributed by atoms with Crippen LogP contribution in [-0.2, 0) is 0 Å². The zero-order valence-corrected chi connectivity index (χ0v) is 14.4. The van der Waals surface area contributed by atoms with Gasteiger partial charge in [-0.2, -0.15) is 0 Å². The minimum Gasteiger partial charge on any atom is -0.396 e. The summed E-state index contributed by atoms with van der Waals surface area (Å²) in [6.45, 7) is 7.97. The Morgan fingerprint density at radius 1 is 0.857 bits per heavy atom. The van der Waals surface area contributed by atoms with Crippen molar-refractivity contribution < 1.29 is 5.11 Å². The highest BCUT2D eigenvalue weighted by atomic mass is 16.3. The van der Waals surface area contributed by atoms with Crippen LogP contribution in [0.4, 0.5) is 0 Å². The molecule has 21 heavy (non-hydrogen) atoms. The number of aliphatic hydroxyl groups excluding tert-OH is 1. The molecule has 0 heterocycles. The zero-order chi connectivity index (χ0) is 14.9. The number of hydrogen-bond acceptors (Lipinski definition) is 1. The van der Waals surface area contributed by atoms with Gasteiger partial charge in [0.15, 0.2) is 0 Å². The van der Waals surface area contributed by atoms with Gasteiger partial charge in [0.2, 0.25) is 0 Å². The summed E-state index contributed by atoms with van der Waals surface area (Å²) >= 11 is 0. The van der Waals surface area contributed by atoms with Crippen LogP contribution in [0.25, 0.3) is 0 Å². The van der Waals surface area contributed by atoms with Crippen LogP contribution < -0.4 is 0 Å². The topological polar surface area (TPSA) is 20.2 Å². The van der Waals surface area contributed by atoms with Gasteiger partial charge in [-0.05, 0) is 91.3 Å². The molecule has 120 valence electrons. The largest absolute Gasteiger partial charge is 0.396 e. The standard InChI is InChI=1S/C20H34O/c1-17-9-5-16-19(3)8-4-7-18(2,14-21)15(19)6-10-20(16,13-17)12-11-17/h15-16,21H,4-14H2,1-3H3. The maximum absolute atomic E-state index is 10.1. The fraction of sp³-hybridized carbons (Fsp3) is 1.00. The molecule has 1 heteroatoms. The van der Waals surface area contributed by atoms with E-state index in [2.05, 4.69) is 20.8 Å². The van der Waals surface area contributed by atoms with Gasteiger partial charge in [-0.15, -0.1) is 0 Å². The average molecular weight is 290 g/mol. The lowest BCUT2D eigenvalue weighted by Gasteiger charge is -2.64. The molecule has 1 spiro atoms. The van der Waals surface area contributed by atoms with Crippen molar-refractivity contribution >= 4 is 0 Å². The third kappa shape index (κ3) is 1.79. The van der Waals surface area contributed by atoms with Crippen LogP contribution in [0, 0.1) is 33.5 Å². The van der Waals surface area contributed by atoms with Crippen molar-refractivity contribution in [1.29, 1.82) is 0 Å². The predicted molar refractivity (Wildman–Crippen MR) is 87.0 cm³/mol. The Bertz CT molecular complexity index is 445. The highest BCUT2D eigenvalue weighted by Gasteiger charge is 2.64. The lowest BCUT2D eigenvalue weighted by Crippen LogP contribution is -2.57. The van der Waals surface area contributed by atoms with Crippen molar-refractivity contribution in [2.45, 2.75) is 85.0 Å². The molecule has 4 rings (SSSR count). The molecule has 4 fully saturated rings. The number of rotatable bonds is 1. The monoisotopic (exact) mass is 290 g/mol. The fourth-order valence-corrected chi connectivity index (χ4v) is 8.04. The maximum atomic E-state index is 10.1. The molecule has 6 unspecified atom stereocenters. The summed E-state index contributed by atoms with van der Waals surface area (Å²) < 4.78 is 0. The van der Waals surface area contributed by atoms with Gasteiger partial charge in [-0.3, -0.25) is 0 Å². The van der Waals surface area contributed by atoms with Crippen molar-refractivity contribution in [3.63, 3.8) is 0 Å². The fourth-order valence-electron chi connectivity index (χ4n) is 8.04. The molecule has 2 bridgehead atoms. The summed E-state index contributed by atoms with van der Waals surface area (Å²) in [7, 11) is 0. The SMILES string of the molecule is CC12CCC3C(CCC4C(C)(CO)CCCC43C)(CC1)C2. The summed E-state index contributed by atoms with van der Waals surface area (Å²) in [5, 5.41) is 10.1. The number of fused-ring (bicyclic) bond motifs is 3. The number of hydrogen-bond donors (Lipinski definition) is 1. The molecule has 0 aromatic heterocycles. The highest BCUT2D eigenvalue weighted by molar-refractivity contribution is 5.14. The Balaban J connectivity index is 1.72. The van der Waals surface area contributed by atoms with E-state index in [-0.39, 0.29) is 5.41 Å². The predicted octanol–water partition coefficient (Wildman–Crippen LogP) is 5.17. The Labute approximate surface area is 130 Å². The van der Waals surface area contributed by atoms with E-state index < -0.39 is 0 Å². The first-order valence-electron chi connectivity index (χ1n) is 9.47. The third-order valence-electron chi connectivity index (χ3n) is 8.97. The van der Waals surface area contributed by atoms with Gasteiger partial charge >= 0.3 is 0 Å². The van der Waals surface area contributed by atoms with Gasteiger partial charge in [0.25, 0.3) is 0 Å². The minimum absolute atomic E-state index is 0.202.